The third-order valence-corrected chi connectivity index (χ3v) is 5.81. The van der Waals surface area contributed by atoms with Crippen molar-refractivity contribution in [2.24, 2.45) is 0 Å². The predicted molar refractivity (Wildman–Crippen MR) is 119 cm³/mol. The van der Waals surface area contributed by atoms with Gasteiger partial charge < -0.3 is 5.32 Å². The van der Waals surface area contributed by atoms with Crippen LogP contribution in [0, 0.1) is 0 Å². The zero-order valence-electron chi connectivity index (χ0n) is 15.2. The van der Waals surface area contributed by atoms with Crippen LogP contribution in [0.15, 0.2) is 98.2 Å². The van der Waals surface area contributed by atoms with Gasteiger partial charge in [-0.3, -0.25) is 14.2 Å². The zero-order valence-corrected chi connectivity index (χ0v) is 17.6. The molecule has 29 heavy (non-hydrogen) atoms. The Morgan fingerprint density at radius 2 is 1.79 bits per heavy atom. The minimum Gasteiger partial charge on any atom is -0.323 e. The minimum absolute atomic E-state index is 0.112. The van der Waals surface area contributed by atoms with Gasteiger partial charge in [-0.1, -0.05) is 58.0 Å². The molecule has 0 atom stereocenters. The van der Waals surface area contributed by atoms with Crippen LogP contribution in [0.1, 0.15) is 0 Å². The van der Waals surface area contributed by atoms with E-state index in [-0.39, 0.29) is 18.0 Å². The van der Waals surface area contributed by atoms with Gasteiger partial charge in [-0.15, -0.1) is 0 Å². The summed E-state index contributed by atoms with van der Waals surface area (Å²) in [4.78, 5) is 31.6. The molecule has 144 valence electrons. The van der Waals surface area contributed by atoms with Crippen LogP contribution >= 0.6 is 27.7 Å². The van der Waals surface area contributed by atoms with E-state index in [2.05, 4.69) is 26.2 Å². The van der Waals surface area contributed by atoms with Gasteiger partial charge in [0, 0.05) is 14.3 Å². The molecule has 5 nitrogen and oxygen atoms in total. The second-order valence-corrected chi connectivity index (χ2v) is 8.33. The first-order chi connectivity index (χ1) is 14.1. The van der Waals surface area contributed by atoms with Crippen molar-refractivity contribution in [3.8, 4) is 0 Å². The standard InChI is InChI=1S/C22H16BrN3O2S/c23-15-10-11-18-17(12-15)22(28)26(14-24-18)13-21(27)25-19-8-4-5-9-20(19)29-16-6-2-1-3-7-16/h1-12,14H,13H2,(H,25,27). The van der Waals surface area contributed by atoms with Crippen molar-refractivity contribution >= 4 is 50.2 Å². The molecule has 0 aliphatic rings. The lowest BCUT2D eigenvalue weighted by Gasteiger charge is -2.12. The lowest BCUT2D eigenvalue weighted by Crippen LogP contribution is -2.28. The minimum atomic E-state index is -0.288. The molecule has 7 heteroatoms. The van der Waals surface area contributed by atoms with E-state index in [0.717, 1.165) is 14.3 Å². The van der Waals surface area contributed by atoms with E-state index >= 15 is 0 Å². The van der Waals surface area contributed by atoms with Gasteiger partial charge >= 0.3 is 0 Å². The van der Waals surface area contributed by atoms with Crippen LogP contribution in [-0.4, -0.2) is 15.5 Å². The number of rotatable bonds is 5. The van der Waals surface area contributed by atoms with E-state index in [4.69, 9.17) is 0 Å². The number of hydrogen-bond donors (Lipinski definition) is 1. The molecule has 4 rings (SSSR count). The van der Waals surface area contributed by atoms with Crippen molar-refractivity contribution in [3.63, 3.8) is 0 Å². The maximum atomic E-state index is 12.7. The number of hydrogen-bond acceptors (Lipinski definition) is 4. The molecular weight excluding hydrogens is 450 g/mol. The lowest BCUT2D eigenvalue weighted by atomic mass is 10.2. The number of amides is 1. The summed E-state index contributed by atoms with van der Waals surface area (Å²) in [6, 6.07) is 22.8. The summed E-state index contributed by atoms with van der Waals surface area (Å²) < 4.78 is 2.11. The number of benzene rings is 3. The van der Waals surface area contributed by atoms with Crippen molar-refractivity contribution < 1.29 is 4.79 Å². The Balaban J connectivity index is 1.54. The Kier molecular flexibility index (Phi) is 5.78. The van der Waals surface area contributed by atoms with Crippen LogP contribution in [-0.2, 0) is 11.3 Å². The smallest absolute Gasteiger partial charge is 0.261 e. The fraction of sp³-hybridized carbons (Fsp3) is 0.0455. The highest BCUT2D eigenvalue weighted by Gasteiger charge is 2.11. The van der Waals surface area contributed by atoms with Gasteiger partial charge in [-0.05, 0) is 42.5 Å². The molecule has 0 unspecified atom stereocenters. The Morgan fingerprint density at radius 1 is 1.03 bits per heavy atom. The third kappa shape index (κ3) is 4.58. The Hall–Kier alpha value is -2.90. The summed E-state index contributed by atoms with van der Waals surface area (Å²) in [7, 11) is 0. The second kappa shape index (κ2) is 8.63. The first-order valence-electron chi connectivity index (χ1n) is 8.86. The van der Waals surface area contributed by atoms with Crippen LogP contribution in [0.25, 0.3) is 10.9 Å². The maximum absolute atomic E-state index is 12.7. The molecule has 0 aliphatic carbocycles. The van der Waals surface area contributed by atoms with Crippen molar-refractivity contribution in [1.29, 1.82) is 0 Å². The molecular formula is C22H16BrN3O2S. The van der Waals surface area contributed by atoms with Crippen LogP contribution < -0.4 is 10.9 Å². The number of carbonyl (C=O) groups excluding carboxylic acids is 1. The fourth-order valence-electron chi connectivity index (χ4n) is 2.86. The highest BCUT2D eigenvalue weighted by Crippen LogP contribution is 2.33. The monoisotopic (exact) mass is 465 g/mol. The fourth-order valence-corrected chi connectivity index (χ4v) is 4.15. The quantitative estimate of drug-likeness (QED) is 0.452. The summed E-state index contributed by atoms with van der Waals surface area (Å²) >= 11 is 4.93. The van der Waals surface area contributed by atoms with Crippen LogP contribution in [0.4, 0.5) is 5.69 Å². The largest absolute Gasteiger partial charge is 0.323 e. The van der Waals surface area contributed by atoms with Crippen molar-refractivity contribution in [3.05, 3.63) is 94.0 Å². The molecule has 1 heterocycles. The lowest BCUT2D eigenvalue weighted by molar-refractivity contribution is -0.116. The first kappa shape index (κ1) is 19.4. The summed E-state index contributed by atoms with van der Waals surface area (Å²) in [5, 5.41) is 3.38. The number of aromatic nitrogens is 2. The second-order valence-electron chi connectivity index (χ2n) is 6.30. The van der Waals surface area contributed by atoms with Gasteiger partial charge in [0.25, 0.3) is 5.56 Å². The SMILES string of the molecule is O=C(Cn1cnc2ccc(Br)cc2c1=O)Nc1ccccc1Sc1ccccc1. The summed E-state index contributed by atoms with van der Waals surface area (Å²) in [5.74, 6) is -0.288. The molecule has 1 aromatic heterocycles. The van der Waals surface area contributed by atoms with E-state index in [1.165, 1.54) is 10.9 Å². The summed E-state index contributed by atoms with van der Waals surface area (Å²) in [6.07, 6.45) is 1.41. The average Bonchev–Trinajstić information content (AvgIpc) is 2.73. The molecule has 0 radical (unpaired) electrons. The van der Waals surface area contributed by atoms with Crippen LogP contribution in [0.5, 0.6) is 0 Å². The molecule has 0 spiro atoms. The molecule has 1 amide bonds. The van der Waals surface area contributed by atoms with Gasteiger partial charge in [0.15, 0.2) is 0 Å². The number of carbonyl (C=O) groups is 1. The third-order valence-electron chi connectivity index (χ3n) is 4.23. The molecule has 0 saturated heterocycles. The first-order valence-corrected chi connectivity index (χ1v) is 10.5. The number of para-hydroxylation sites is 1. The van der Waals surface area contributed by atoms with E-state index in [1.807, 2.05) is 60.7 Å². The Bertz CT molecular complexity index is 1240. The van der Waals surface area contributed by atoms with Crippen molar-refractivity contribution in [2.45, 2.75) is 16.3 Å². The van der Waals surface area contributed by atoms with E-state index in [1.54, 1.807) is 23.9 Å². The highest BCUT2D eigenvalue weighted by molar-refractivity contribution is 9.10. The number of nitrogens with zero attached hydrogens (tertiary/aromatic N) is 2. The Morgan fingerprint density at radius 3 is 2.62 bits per heavy atom. The van der Waals surface area contributed by atoms with E-state index in [9.17, 15) is 9.59 Å². The zero-order chi connectivity index (χ0) is 20.2. The molecule has 0 aliphatic heterocycles. The molecule has 0 saturated carbocycles. The van der Waals surface area contributed by atoms with E-state index < -0.39 is 0 Å². The van der Waals surface area contributed by atoms with Crippen molar-refractivity contribution in [1.82, 2.24) is 9.55 Å². The Labute approximate surface area is 179 Å². The van der Waals surface area contributed by atoms with Crippen LogP contribution in [0.3, 0.4) is 0 Å². The molecule has 3 aromatic carbocycles. The molecule has 0 fully saturated rings. The summed E-state index contributed by atoms with van der Waals surface area (Å²) in [5.41, 5.74) is 1.05. The number of anilines is 1. The molecule has 4 aromatic rings. The van der Waals surface area contributed by atoms with Gasteiger partial charge in [0.1, 0.15) is 6.54 Å². The number of fused-ring (bicyclic) bond motifs is 1. The highest BCUT2D eigenvalue weighted by atomic mass is 79.9. The van der Waals surface area contributed by atoms with Gasteiger partial charge in [-0.2, -0.15) is 0 Å². The maximum Gasteiger partial charge on any atom is 0.261 e. The topological polar surface area (TPSA) is 64.0 Å². The molecule has 0 bridgehead atoms. The van der Waals surface area contributed by atoms with Crippen LogP contribution in [0.2, 0.25) is 0 Å². The number of nitrogens with one attached hydrogen (secondary N) is 1. The average molecular weight is 466 g/mol. The van der Waals surface area contributed by atoms with E-state index in [0.29, 0.717) is 16.6 Å². The molecule has 1 N–H and O–H groups in total. The normalized spacial score (nSPS) is 10.8. The van der Waals surface area contributed by atoms with Crippen molar-refractivity contribution in [2.75, 3.05) is 5.32 Å². The summed E-state index contributed by atoms with van der Waals surface area (Å²) in [6.45, 7) is -0.112. The number of halogens is 1. The predicted octanol–water partition coefficient (Wildman–Crippen LogP) is 4.95. The van der Waals surface area contributed by atoms with Gasteiger partial charge in [-0.25, -0.2) is 4.98 Å². The van der Waals surface area contributed by atoms with Gasteiger partial charge in [0.2, 0.25) is 5.91 Å². The van der Waals surface area contributed by atoms with Gasteiger partial charge in [0.05, 0.1) is 22.9 Å².